The Morgan fingerprint density at radius 2 is 1.95 bits per heavy atom. The Kier molecular flexibility index (Phi) is 8.52. The van der Waals surface area contributed by atoms with Gasteiger partial charge >= 0.3 is 0 Å². The molecule has 0 aliphatic carbocycles. The minimum Gasteiger partial charge on any atom is -0.381 e. The highest BCUT2D eigenvalue weighted by Crippen LogP contribution is 2.12. The molecule has 120 valence electrons. The molecule has 0 aliphatic heterocycles. The summed E-state index contributed by atoms with van der Waals surface area (Å²) in [4.78, 5) is 21.6. The quantitative estimate of drug-likeness (QED) is 0.312. The van der Waals surface area contributed by atoms with Gasteiger partial charge in [0, 0.05) is 38.0 Å². The minimum atomic E-state index is -0.456. The highest BCUT2D eigenvalue weighted by molar-refractivity contribution is 5.91. The SMILES string of the molecule is CCCCOCCCNC(=O)/C=C/c1ccc([N+](=O)[O-])cc1. The molecule has 0 heterocycles. The summed E-state index contributed by atoms with van der Waals surface area (Å²) in [5.74, 6) is -0.188. The molecule has 0 aliphatic rings. The van der Waals surface area contributed by atoms with Crippen molar-refractivity contribution in [3.63, 3.8) is 0 Å². The summed E-state index contributed by atoms with van der Waals surface area (Å²) in [6.07, 6.45) is 5.99. The van der Waals surface area contributed by atoms with Gasteiger partial charge in [0.1, 0.15) is 0 Å². The Balaban J connectivity index is 2.22. The smallest absolute Gasteiger partial charge is 0.269 e. The van der Waals surface area contributed by atoms with Gasteiger partial charge in [-0.2, -0.15) is 0 Å². The number of unbranched alkanes of at least 4 members (excludes halogenated alkanes) is 1. The van der Waals surface area contributed by atoms with Crippen LogP contribution in [0.25, 0.3) is 6.08 Å². The van der Waals surface area contributed by atoms with Crippen LogP contribution in [0.5, 0.6) is 0 Å². The van der Waals surface area contributed by atoms with Gasteiger partial charge in [0.15, 0.2) is 0 Å². The largest absolute Gasteiger partial charge is 0.381 e. The van der Waals surface area contributed by atoms with Crippen molar-refractivity contribution in [1.82, 2.24) is 5.32 Å². The highest BCUT2D eigenvalue weighted by atomic mass is 16.6. The molecule has 0 bridgehead atoms. The van der Waals surface area contributed by atoms with Gasteiger partial charge < -0.3 is 10.1 Å². The number of nitro benzene ring substituents is 1. The van der Waals surface area contributed by atoms with E-state index in [0.717, 1.165) is 31.4 Å². The summed E-state index contributed by atoms with van der Waals surface area (Å²) < 4.78 is 5.39. The van der Waals surface area contributed by atoms with Gasteiger partial charge in [-0.3, -0.25) is 14.9 Å². The number of nitrogens with zero attached hydrogens (tertiary/aromatic N) is 1. The molecule has 0 fully saturated rings. The van der Waals surface area contributed by atoms with E-state index in [1.165, 1.54) is 18.2 Å². The van der Waals surface area contributed by atoms with Crippen LogP contribution in [0.3, 0.4) is 0 Å². The Morgan fingerprint density at radius 1 is 1.27 bits per heavy atom. The Morgan fingerprint density at radius 3 is 2.59 bits per heavy atom. The van der Waals surface area contributed by atoms with Crippen molar-refractivity contribution in [2.45, 2.75) is 26.2 Å². The lowest BCUT2D eigenvalue weighted by atomic mass is 10.2. The van der Waals surface area contributed by atoms with Crippen LogP contribution >= 0.6 is 0 Å². The van der Waals surface area contributed by atoms with Crippen molar-refractivity contribution in [3.8, 4) is 0 Å². The van der Waals surface area contributed by atoms with Crippen LogP contribution in [-0.4, -0.2) is 30.6 Å². The van der Waals surface area contributed by atoms with Gasteiger partial charge in [-0.05, 0) is 36.6 Å². The number of hydrogen-bond donors (Lipinski definition) is 1. The second-order valence-electron chi connectivity index (χ2n) is 4.79. The molecular formula is C16H22N2O4. The Labute approximate surface area is 130 Å². The molecule has 1 N–H and O–H groups in total. The summed E-state index contributed by atoms with van der Waals surface area (Å²) in [6, 6.07) is 6.02. The first-order valence-corrected chi connectivity index (χ1v) is 7.41. The molecule has 0 radical (unpaired) electrons. The van der Waals surface area contributed by atoms with Gasteiger partial charge in [0.25, 0.3) is 5.69 Å². The van der Waals surface area contributed by atoms with Gasteiger partial charge in [-0.15, -0.1) is 0 Å². The molecule has 22 heavy (non-hydrogen) atoms. The third-order valence-corrected chi connectivity index (χ3v) is 2.94. The molecule has 6 heteroatoms. The number of non-ortho nitro benzene ring substituents is 1. The van der Waals surface area contributed by atoms with Crippen LogP contribution in [0.1, 0.15) is 31.7 Å². The topological polar surface area (TPSA) is 81.5 Å². The average Bonchev–Trinajstić information content (AvgIpc) is 2.52. The minimum absolute atomic E-state index is 0.0321. The third-order valence-electron chi connectivity index (χ3n) is 2.94. The maximum atomic E-state index is 11.6. The Bertz CT molecular complexity index is 497. The molecule has 0 spiro atoms. The predicted octanol–water partition coefficient (Wildman–Crippen LogP) is 2.93. The zero-order valence-electron chi connectivity index (χ0n) is 12.8. The van der Waals surface area contributed by atoms with E-state index < -0.39 is 4.92 Å². The molecule has 6 nitrogen and oxygen atoms in total. The van der Waals surface area contributed by atoms with Crippen LogP contribution in [0, 0.1) is 10.1 Å². The van der Waals surface area contributed by atoms with Crippen molar-refractivity contribution >= 4 is 17.7 Å². The van der Waals surface area contributed by atoms with E-state index in [2.05, 4.69) is 12.2 Å². The summed E-state index contributed by atoms with van der Waals surface area (Å²) in [5.41, 5.74) is 0.772. The standard InChI is InChI=1S/C16H22N2O4/c1-2-3-12-22-13-4-11-17-16(19)10-7-14-5-8-15(9-6-14)18(20)21/h5-10H,2-4,11-13H2,1H3,(H,17,19)/b10-7+. The third kappa shape index (κ3) is 7.54. The monoisotopic (exact) mass is 306 g/mol. The second-order valence-corrected chi connectivity index (χ2v) is 4.79. The number of carbonyl (C=O) groups is 1. The lowest BCUT2D eigenvalue weighted by molar-refractivity contribution is -0.384. The van der Waals surface area contributed by atoms with Crippen LogP contribution in [0.4, 0.5) is 5.69 Å². The summed E-state index contributed by atoms with van der Waals surface area (Å²) >= 11 is 0. The fourth-order valence-electron chi connectivity index (χ4n) is 1.67. The van der Waals surface area contributed by atoms with Crippen molar-refractivity contribution in [3.05, 3.63) is 46.0 Å². The van der Waals surface area contributed by atoms with Crippen molar-refractivity contribution in [2.24, 2.45) is 0 Å². The molecule has 0 unspecified atom stereocenters. The summed E-state index contributed by atoms with van der Waals surface area (Å²) in [7, 11) is 0. The van der Waals surface area contributed by atoms with E-state index in [4.69, 9.17) is 4.74 Å². The molecule has 1 amide bonds. The first kappa shape index (κ1) is 17.8. The number of amides is 1. The van der Waals surface area contributed by atoms with Crippen LogP contribution in [0.2, 0.25) is 0 Å². The number of benzene rings is 1. The first-order valence-electron chi connectivity index (χ1n) is 7.41. The lowest BCUT2D eigenvalue weighted by Crippen LogP contribution is -2.23. The lowest BCUT2D eigenvalue weighted by Gasteiger charge is -2.04. The van der Waals surface area contributed by atoms with E-state index in [0.29, 0.717) is 13.2 Å². The van der Waals surface area contributed by atoms with E-state index in [-0.39, 0.29) is 11.6 Å². The molecular weight excluding hydrogens is 284 g/mol. The van der Waals surface area contributed by atoms with Crippen LogP contribution in [0.15, 0.2) is 30.3 Å². The number of carbonyl (C=O) groups excluding carboxylic acids is 1. The number of nitro groups is 1. The summed E-state index contributed by atoms with van der Waals surface area (Å²) in [5, 5.41) is 13.3. The average molecular weight is 306 g/mol. The van der Waals surface area contributed by atoms with Crippen molar-refractivity contribution < 1.29 is 14.5 Å². The maximum absolute atomic E-state index is 11.6. The number of ether oxygens (including phenoxy) is 1. The zero-order chi connectivity index (χ0) is 16.2. The van der Waals surface area contributed by atoms with Crippen LogP contribution < -0.4 is 5.32 Å². The molecule has 0 saturated carbocycles. The van der Waals surface area contributed by atoms with Crippen LogP contribution in [-0.2, 0) is 9.53 Å². The fraction of sp³-hybridized carbons (Fsp3) is 0.438. The molecule has 0 saturated heterocycles. The van der Waals surface area contributed by atoms with E-state index in [1.807, 2.05) is 0 Å². The molecule has 1 aromatic carbocycles. The van der Waals surface area contributed by atoms with Gasteiger partial charge in [-0.1, -0.05) is 13.3 Å². The van der Waals surface area contributed by atoms with E-state index in [1.54, 1.807) is 18.2 Å². The molecule has 1 rings (SSSR count). The molecule has 1 aromatic rings. The fourth-order valence-corrected chi connectivity index (χ4v) is 1.67. The zero-order valence-corrected chi connectivity index (χ0v) is 12.8. The molecule has 0 atom stereocenters. The molecule has 0 aromatic heterocycles. The van der Waals surface area contributed by atoms with Gasteiger partial charge in [0.2, 0.25) is 5.91 Å². The first-order chi connectivity index (χ1) is 10.6. The highest BCUT2D eigenvalue weighted by Gasteiger charge is 2.02. The number of rotatable bonds is 10. The number of hydrogen-bond acceptors (Lipinski definition) is 4. The second kappa shape index (κ2) is 10.5. The maximum Gasteiger partial charge on any atom is 0.269 e. The Hall–Kier alpha value is -2.21. The van der Waals surface area contributed by atoms with E-state index >= 15 is 0 Å². The summed E-state index contributed by atoms with van der Waals surface area (Å²) in [6.45, 7) is 4.09. The van der Waals surface area contributed by atoms with E-state index in [9.17, 15) is 14.9 Å². The van der Waals surface area contributed by atoms with Gasteiger partial charge in [-0.25, -0.2) is 0 Å². The van der Waals surface area contributed by atoms with Crippen molar-refractivity contribution in [1.29, 1.82) is 0 Å². The normalized spacial score (nSPS) is 10.8. The number of nitrogens with one attached hydrogen (secondary N) is 1. The van der Waals surface area contributed by atoms with Gasteiger partial charge in [0.05, 0.1) is 4.92 Å². The predicted molar refractivity (Wildman–Crippen MR) is 85.5 cm³/mol. The van der Waals surface area contributed by atoms with Crippen molar-refractivity contribution in [2.75, 3.05) is 19.8 Å².